The summed E-state index contributed by atoms with van der Waals surface area (Å²) in [7, 11) is 0. The van der Waals surface area contributed by atoms with Gasteiger partial charge in [-0.05, 0) is 42.3 Å². The van der Waals surface area contributed by atoms with E-state index in [1.165, 1.54) is 0 Å². The van der Waals surface area contributed by atoms with Gasteiger partial charge < -0.3 is 10.2 Å². The van der Waals surface area contributed by atoms with Gasteiger partial charge in [0.2, 0.25) is 5.91 Å². The molecule has 4 heteroatoms. The molecule has 0 saturated carbocycles. The van der Waals surface area contributed by atoms with Gasteiger partial charge in [0.1, 0.15) is 0 Å². The van der Waals surface area contributed by atoms with Crippen molar-refractivity contribution in [2.75, 3.05) is 11.4 Å². The number of hydrogen-bond acceptors (Lipinski definition) is 2. The second-order valence-corrected chi connectivity index (χ2v) is 6.54. The Kier molecular flexibility index (Phi) is 6.58. The number of rotatable bonds is 7. The molecule has 0 radical (unpaired) electrons. The number of anilines is 1. The van der Waals surface area contributed by atoms with E-state index >= 15 is 0 Å². The van der Waals surface area contributed by atoms with Crippen LogP contribution in [0.5, 0.6) is 0 Å². The molecule has 0 aromatic heterocycles. The molecule has 28 heavy (non-hydrogen) atoms. The molecule has 0 aliphatic heterocycles. The van der Waals surface area contributed by atoms with Crippen molar-refractivity contribution in [3.63, 3.8) is 0 Å². The van der Waals surface area contributed by atoms with E-state index < -0.39 is 0 Å². The maximum Gasteiger partial charge on any atom is 0.258 e. The minimum absolute atomic E-state index is 0.00301. The molecular formula is C24H24N2O2. The predicted octanol–water partition coefficient (Wildman–Crippen LogP) is 4.21. The van der Waals surface area contributed by atoms with Gasteiger partial charge in [0, 0.05) is 17.8 Å². The fourth-order valence-electron chi connectivity index (χ4n) is 3.02. The first-order chi connectivity index (χ1) is 13.7. The van der Waals surface area contributed by atoms with E-state index in [0.717, 1.165) is 16.8 Å². The van der Waals surface area contributed by atoms with Crippen LogP contribution in [-0.2, 0) is 17.8 Å². The molecule has 4 nitrogen and oxygen atoms in total. The SMILES string of the molecule is CCNC(=O)Cc1ccc(N(Cc2ccccc2)C(=O)c2ccccc2)cc1. The summed E-state index contributed by atoms with van der Waals surface area (Å²) in [5.74, 6) is -0.0577. The van der Waals surface area contributed by atoms with Gasteiger partial charge in [0.25, 0.3) is 5.91 Å². The molecule has 142 valence electrons. The van der Waals surface area contributed by atoms with Crippen molar-refractivity contribution in [1.82, 2.24) is 5.32 Å². The van der Waals surface area contributed by atoms with Gasteiger partial charge >= 0.3 is 0 Å². The van der Waals surface area contributed by atoms with Gasteiger partial charge in [-0.3, -0.25) is 9.59 Å². The molecule has 3 rings (SSSR count). The Morgan fingerprint density at radius 1 is 0.786 bits per heavy atom. The summed E-state index contributed by atoms with van der Waals surface area (Å²) in [6.45, 7) is 3.00. The molecule has 1 N–H and O–H groups in total. The maximum atomic E-state index is 13.2. The van der Waals surface area contributed by atoms with Crippen molar-refractivity contribution in [3.05, 3.63) is 102 Å². The molecule has 0 fully saturated rings. The summed E-state index contributed by atoms with van der Waals surface area (Å²) >= 11 is 0. The van der Waals surface area contributed by atoms with E-state index in [4.69, 9.17) is 0 Å². The molecule has 0 heterocycles. The molecule has 0 bridgehead atoms. The average Bonchev–Trinajstić information content (AvgIpc) is 2.74. The van der Waals surface area contributed by atoms with Crippen LogP contribution in [0, 0.1) is 0 Å². The summed E-state index contributed by atoms with van der Waals surface area (Å²) < 4.78 is 0. The van der Waals surface area contributed by atoms with Crippen molar-refractivity contribution in [2.24, 2.45) is 0 Å². The first-order valence-corrected chi connectivity index (χ1v) is 9.44. The lowest BCUT2D eigenvalue weighted by Crippen LogP contribution is -2.30. The first-order valence-electron chi connectivity index (χ1n) is 9.44. The molecule has 3 aromatic carbocycles. The average molecular weight is 372 g/mol. The zero-order valence-corrected chi connectivity index (χ0v) is 16.0. The first kappa shape index (κ1) is 19.4. The minimum atomic E-state index is -0.0547. The van der Waals surface area contributed by atoms with Crippen LogP contribution in [0.25, 0.3) is 0 Å². The number of nitrogens with one attached hydrogen (secondary N) is 1. The Morgan fingerprint density at radius 3 is 2.00 bits per heavy atom. The normalized spacial score (nSPS) is 10.3. The second kappa shape index (κ2) is 9.51. The van der Waals surface area contributed by atoms with Crippen LogP contribution in [0.3, 0.4) is 0 Å². The molecule has 0 aliphatic rings. The third-order valence-electron chi connectivity index (χ3n) is 4.44. The molecule has 0 aliphatic carbocycles. The van der Waals surface area contributed by atoms with Crippen LogP contribution in [0.15, 0.2) is 84.9 Å². The third-order valence-corrected chi connectivity index (χ3v) is 4.44. The van der Waals surface area contributed by atoms with Gasteiger partial charge in [-0.25, -0.2) is 0 Å². The molecule has 0 saturated heterocycles. The van der Waals surface area contributed by atoms with E-state index in [-0.39, 0.29) is 11.8 Å². The van der Waals surface area contributed by atoms with Crippen LogP contribution in [0.1, 0.15) is 28.4 Å². The summed E-state index contributed by atoms with van der Waals surface area (Å²) in [6, 6.07) is 26.8. The van der Waals surface area contributed by atoms with E-state index in [1.807, 2.05) is 91.9 Å². The van der Waals surface area contributed by atoms with Crippen molar-refractivity contribution in [3.8, 4) is 0 Å². The van der Waals surface area contributed by atoms with E-state index in [2.05, 4.69) is 5.32 Å². The number of likely N-dealkylation sites (N-methyl/N-ethyl adjacent to an activating group) is 1. The highest BCUT2D eigenvalue weighted by Crippen LogP contribution is 2.21. The van der Waals surface area contributed by atoms with E-state index in [9.17, 15) is 9.59 Å². The zero-order chi connectivity index (χ0) is 19.8. The second-order valence-electron chi connectivity index (χ2n) is 6.54. The Bertz CT molecular complexity index is 906. The summed E-state index contributed by atoms with van der Waals surface area (Å²) in [5.41, 5.74) is 3.42. The van der Waals surface area contributed by atoms with Crippen molar-refractivity contribution in [2.45, 2.75) is 19.9 Å². The third kappa shape index (κ3) is 5.07. The molecule has 0 atom stereocenters. The molecule has 2 amide bonds. The highest BCUT2D eigenvalue weighted by atomic mass is 16.2. The van der Waals surface area contributed by atoms with Crippen LogP contribution in [-0.4, -0.2) is 18.4 Å². The van der Waals surface area contributed by atoms with Crippen molar-refractivity contribution < 1.29 is 9.59 Å². The maximum absolute atomic E-state index is 13.2. The van der Waals surface area contributed by atoms with Crippen LogP contribution < -0.4 is 10.2 Å². The molecule has 0 spiro atoms. The predicted molar refractivity (Wildman–Crippen MR) is 112 cm³/mol. The minimum Gasteiger partial charge on any atom is -0.356 e. The Hall–Kier alpha value is -3.40. The topological polar surface area (TPSA) is 49.4 Å². The number of amides is 2. The zero-order valence-electron chi connectivity index (χ0n) is 16.0. The monoisotopic (exact) mass is 372 g/mol. The van der Waals surface area contributed by atoms with Gasteiger partial charge in [-0.1, -0.05) is 60.7 Å². The molecular weight excluding hydrogens is 348 g/mol. The van der Waals surface area contributed by atoms with Crippen LogP contribution in [0.4, 0.5) is 5.69 Å². The number of benzene rings is 3. The van der Waals surface area contributed by atoms with Crippen molar-refractivity contribution in [1.29, 1.82) is 0 Å². The summed E-state index contributed by atoms with van der Waals surface area (Å²) in [6.07, 6.45) is 0.333. The van der Waals surface area contributed by atoms with Crippen LogP contribution >= 0.6 is 0 Å². The summed E-state index contributed by atoms with van der Waals surface area (Å²) in [4.78, 5) is 26.7. The lowest BCUT2D eigenvalue weighted by Gasteiger charge is -2.23. The van der Waals surface area contributed by atoms with Crippen molar-refractivity contribution >= 4 is 17.5 Å². The van der Waals surface area contributed by atoms with Gasteiger partial charge in [0.05, 0.1) is 13.0 Å². The number of carbonyl (C=O) groups excluding carboxylic acids is 2. The summed E-state index contributed by atoms with van der Waals surface area (Å²) in [5, 5.41) is 2.80. The fourth-order valence-corrected chi connectivity index (χ4v) is 3.02. The fraction of sp³-hybridized carbons (Fsp3) is 0.167. The Morgan fingerprint density at radius 2 is 1.39 bits per heavy atom. The smallest absolute Gasteiger partial charge is 0.258 e. The molecule has 3 aromatic rings. The van der Waals surface area contributed by atoms with Gasteiger partial charge in [-0.2, -0.15) is 0 Å². The highest BCUT2D eigenvalue weighted by molar-refractivity contribution is 6.06. The van der Waals surface area contributed by atoms with Gasteiger partial charge in [0.15, 0.2) is 0 Å². The van der Waals surface area contributed by atoms with Gasteiger partial charge in [-0.15, -0.1) is 0 Å². The lowest BCUT2D eigenvalue weighted by molar-refractivity contribution is -0.120. The quantitative estimate of drug-likeness (QED) is 0.675. The molecule has 0 unspecified atom stereocenters. The number of nitrogens with zero attached hydrogens (tertiary/aromatic N) is 1. The van der Waals surface area contributed by atoms with E-state index in [0.29, 0.717) is 25.1 Å². The number of carbonyl (C=O) groups is 2. The Balaban J connectivity index is 1.86. The number of hydrogen-bond donors (Lipinski definition) is 1. The van der Waals surface area contributed by atoms with E-state index in [1.54, 1.807) is 4.90 Å². The van der Waals surface area contributed by atoms with Crippen LogP contribution in [0.2, 0.25) is 0 Å². The standard InChI is InChI=1S/C24H24N2O2/c1-2-25-23(27)17-19-13-15-22(16-14-19)26(18-20-9-5-3-6-10-20)24(28)21-11-7-4-8-12-21/h3-16H,2,17-18H2,1H3,(H,25,27). The lowest BCUT2D eigenvalue weighted by atomic mass is 10.1. The highest BCUT2D eigenvalue weighted by Gasteiger charge is 2.18. The largest absolute Gasteiger partial charge is 0.356 e. The Labute approximate surface area is 165 Å².